The first-order chi connectivity index (χ1) is 25.0. The Hall–Kier alpha value is -6.40. The van der Waals surface area contributed by atoms with Crippen LogP contribution in [0.5, 0.6) is 0 Å². The minimum atomic E-state index is -0.260. The molecule has 0 bridgehead atoms. The van der Waals surface area contributed by atoms with E-state index in [0.29, 0.717) is 11.6 Å². The lowest BCUT2D eigenvalue weighted by molar-refractivity contribution is 0.641. The van der Waals surface area contributed by atoms with Gasteiger partial charge in [0.05, 0.1) is 34.2 Å². The van der Waals surface area contributed by atoms with Gasteiger partial charge in [0.25, 0.3) is 0 Å². The van der Waals surface area contributed by atoms with Gasteiger partial charge in [0, 0.05) is 40.4 Å². The maximum atomic E-state index is 5.05. The average Bonchev–Trinajstić information content (AvgIpc) is 3.22. The first-order valence-electron chi connectivity index (χ1n) is 17.2. The third kappa shape index (κ3) is 6.77. The number of allylic oxidation sites excluding steroid dienone is 4. The van der Waals surface area contributed by atoms with Crippen molar-refractivity contribution in [2.45, 2.75) is 31.6 Å². The zero-order valence-corrected chi connectivity index (χ0v) is 28.6. The molecule has 51 heavy (non-hydrogen) atoms. The van der Waals surface area contributed by atoms with E-state index in [0.717, 1.165) is 57.3 Å². The predicted octanol–water partition coefficient (Wildman–Crippen LogP) is 10.3. The summed E-state index contributed by atoms with van der Waals surface area (Å²) in [4.78, 5) is 29.1. The van der Waals surface area contributed by atoms with E-state index in [-0.39, 0.29) is 11.3 Å². The third-order valence-electron chi connectivity index (χ3n) is 9.49. The molecule has 6 nitrogen and oxygen atoms in total. The van der Waals surface area contributed by atoms with Gasteiger partial charge in [0.15, 0.2) is 11.6 Å². The van der Waals surface area contributed by atoms with Gasteiger partial charge < -0.3 is 0 Å². The van der Waals surface area contributed by atoms with E-state index in [2.05, 4.69) is 115 Å². The highest BCUT2D eigenvalue weighted by atomic mass is 14.9. The Balaban J connectivity index is 1.09. The summed E-state index contributed by atoms with van der Waals surface area (Å²) in [6, 6.07) is 43.3. The molecule has 0 fully saturated rings. The highest BCUT2D eigenvalue weighted by molar-refractivity contribution is 5.70. The number of rotatable bonds is 8. The van der Waals surface area contributed by atoms with Gasteiger partial charge in [0.2, 0.25) is 0 Å². The second-order valence-electron chi connectivity index (χ2n) is 13.2. The SMILES string of the molecule is CC(C)(c1ccc(-c2nc(-c3ccccc3)cc(-c3ccccn3)n2)cc1)c1ccc(-c2nc(-c3ccccn3)cc(C3C=CC=CC3)n2)cc1. The van der Waals surface area contributed by atoms with E-state index >= 15 is 0 Å². The van der Waals surface area contributed by atoms with Crippen LogP contribution in [0.1, 0.15) is 43.0 Å². The number of aromatic nitrogens is 6. The molecule has 1 aliphatic rings. The Kier molecular flexibility index (Phi) is 8.64. The fraction of sp³-hybridized carbons (Fsp3) is 0.111. The van der Waals surface area contributed by atoms with Crippen molar-refractivity contribution in [1.29, 1.82) is 0 Å². The minimum Gasteiger partial charge on any atom is -0.255 e. The molecule has 0 amide bonds. The van der Waals surface area contributed by atoms with Crippen molar-refractivity contribution in [3.63, 3.8) is 0 Å². The van der Waals surface area contributed by atoms with E-state index in [9.17, 15) is 0 Å². The van der Waals surface area contributed by atoms with Crippen LogP contribution < -0.4 is 0 Å². The summed E-state index contributed by atoms with van der Waals surface area (Å²) in [5.74, 6) is 1.57. The maximum Gasteiger partial charge on any atom is 0.160 e. The van der Waals surface area contributed by atoms with Gasteiger partial charge in [-0.15, -0.1) is 0 Å². The lowest BCUT2D eigenvalue weighted by atomic mass is 9.77. The highest BCUT2D eigenvalue weighted by Gasteiger charge is 2.24. The third-order valence-corrected chi connectivity index (χ3v) is 9.49. The molecule has 1 atom stereocenters. The van der Waals surface area contributed by atoms with Crippen LogP contribution in [0.4, 0.5) is 0 Å². The summed E-state index contributed by atoms with van der Waals surface area (Å²) in [6.07, 6.45) is 13.1. The average molecular weight is 661 g/mol. The fourth-order valence-corrected chi connectivity index (χ4v) is 6.45. The van der Waals surface area contributed by atoms with Crippen LogP contribution in [-0.4, -0.2) is 29.9 Å². The van der Waals surface area contributed by atoms with Crippen LogP contribution in [0.15, 0.2) is 164 Å². The van der Waals surface area contributed by atoms with Gasteiger partial charge in [-0.1, -0.05) is 129 Å². The first kappa shape index (κ1) is 31.8. The van der Waals surface area contributed by atoms with Crippen molar-refractivity contribution in [2.75, 3.05) is 0 Å². The first-order valence-corrected chi connectivity index (χ1v) is 17.2. The largest absolute Gasteiger partial charge is 0.255 e. The van der Waals surface area contributed by atoms with E-state index < -0.39 is 0 Å². The van der Waals surface area contributed by atoms with Crippen LogP contribution in [0.2, 0.25) is 0 Å². The zero-order valence-electron chi connectivity index (χ0n) is 28.6. The summed E-state index contributed by atoms with van der Waals surface area (Å²) >= 11 is 0. The van der Waals surface area contributed by atoms with Crippen LogP contribution in [-0.2, 0) is 5.41 Å². The van der Waals surface area contributed by atoms with Crippen LogP contribution in [0.3, 0.4) is 0 Å². The Morgan fingerprint density at radius 1 is 0.490 bits per heavy atom. The topological polar surface area (TPSA) is 77.3 Å². The van der Waals surface area contributed by atoms with Gasteiger partial charge in [-0.05, 0) is 53.9 Å². The second kappa shape index (κ2) is 13.8. The molecular weight excluding hydrogens is 625 g/mol. The molecule has 0 spiro atoms. The smallest absolute Gasteiger partial charge is 0.160 e. The van der Waals surface area contributed by atoms with Crippen LogP contribution in [0, 0.1) is 0 Å². The summed E-state index contributed by atoms with van der Waals surface area (Å²) in [6.45, 7) is 4.50. The number of pyridine rings is 2. The van der Waals surface area contributed by atoms with E-state index in [1.807, 2.05) is 60.7 Å². The Morgan fingerprint density at radius 2 is 1.04 bits per heavy atom. The Morgan fingerprint density at radius 3 is 1.59 bits per heavy atom. The van der Waals surface area contributed by atoms with E-state index in [1.165, 1.54) is 11.1 Å². The lowest BCUT2D eigenvalue weighted by Crippen LogP contribution is -2.18. The molecule has 3 aromatic carbocycles. The number of hydrogen-bond acceptors (Lipinski definition) is 6. The molecule has 246 valence electrons. The van der Waals surface area contributed by atoms with Gasteiger partial charge in [-0.25, -0.2) is 19.9 Å². The zero-order chi connectivity index (χ0) is 34.6. The molecule has 0 saturated carbocycles. The Labute approximate surface area is 298 Å². The highest BCUT2D eigenvalue weighted by Crippen LogP contribution is 2.35. The number of hydrogen-bond donors (Lipinski definition) is 0. The van der Waals surface area contributed by atoms with E-state index in [1.54, 1.807) is 12.4 Å². The second-order valence-corrected chi connectivity index (χ2v) is 13.2. The monoisotopic (exact) mass is 660 g/mol. The molecule has 0 radical (unpaired) electrons. The molecule has 4 heterocycles. The Bertz CT molecular complexity index is 2270. The van der Waals surface area contributed by atoms with Crippen LogP contribution in [0.25, 0.3) is 56.8 Å². The van der Waals surface area contributed by atoms with Crippen molar-refractivity contribution >= 4 is 0 Å². The van der Waals surface area contributed by atoms with Gasteiger partial charge in [-0.3, -0.25) is 9.97 Å². The molecule has 1 unspecified atom stereocenters. The van der Waals surface area contributed by atoms with Crippen molar-refractivity contribution < 1.29 is 0 Å². The summed E-state index contributed by atoms with van der Waals surface area (Å²) in [5.41, 5.74) is 10.2. The molecule has 1 aliphatic carbocycles. The molecule has 8 rings (SSSR count). The molecule has 6 heteroatoms. The minimum absolute atomic E-state index is 0.202. The quantitative estimate of drug-likeness (QED) is 0.161. The number of benzene rings is 3. The van der Waals surface area contributed by atoms with Gasteiger partial charge >= 0.3 is 0 Å². The molecule has 0 saturated heterocycles. The standard InChI is InChI=1S/C45H36N6/c1-45(2,35-23-19-33(20-24-35)43-48-39(31-13-5-3-6-14-31)29-41(50-43)37-17-9-11-27-46-37)36-25-21-34(22-26-36)44-49-40(32-15-7-4-8-16-32)30-42(51-44)38-18-10-12-28-47-38/h3-15,17-30,32H,16H2,1-2H3. The number of nitrogens with zero attached hydrogens (tertiary/aromatic N) is 6. The lowest BCUT2D eigenvalue weighted by Gasteiger charge is -2.26. The normalized spacial score (nSPS) is 14.0. The van der Waals surface area contributed by atoms with E-state index in [4.69, 9.17) is 19.9 Å². The molecule has 0 N–H and O–H groups in total. The summed E-state index contributed by atoms with van der Waals surface area (Å²) in [7, 11) is 0. The van der Waals surface area contributed by atoms with Gasteiger partial charge in [-0.2, -0.15) is 0 Å². The molecular formula is C45H36N6. The summed E-state index contributed by atoms with van der Waals surface area (Å²) < 4.78 is 0. The van der Waals surface area contributed by atoms with Gasteiger partial charge in [0.1, 0.15) is 0 Å². The van der Waals surface area contributed by atoms with Crippen molar-refractivity contribution in [1.82, 2.24) is 29.9 Å². The predicted molar refractivity (Wildman–Crippen MR) is 205 cm³/mol. The fourth-order valence-electron chi connectivity index (χ4n) is 6.45. The molecule has 4 aromatic heterocycles. The molecule has 7 aromatic rings. The van der Waals surface area contributed by atoms with Crippen molar-refractivity contribution in [3.05, 3.63) is 181 Å². The maximum absolute atomic E-state index is 5.05. The van der Waals surface area contributed by atoms with Crippen molar-refractivity contribution in [3.8, 4) is 56.8 Å². The van der Waals surface area contributed by atoms with Crippen LogP contribution >= 0.6 is 0 Å². The molecule has 0 aliphatic heterocycles. The summed E-state index contributed by atoms with van der Waals surface area (Å²) in [5, 5.41) is 0. The van der Waals surface area contributed by atoms with Crippen molar-refractivity contribution in [2.24, 2.45) is 0 Å².